The number of hydrogen-bond donors (Lipinski definition) is 0. The van der Waals surface area contributed by atoms with E-state index in [-0.39, 0.29) is 0 Å². The molecule has 5 nitrogen and oxygen atoms in total. The lowest BCUT2D eigenvalue weighted by Crippen LogP contribution is -2.09. The summed E-state index contributed by atoms with van der Waals surface area (Å²) in [5.74, 6) is -1.28. The Balaban J connectivity index is 0. The van der Waals surface area contributed by atoms with E-state index in [1.54, 1.807) is 13.0 Å². The smallest absolute Gasteiger partial charge is 0.304 e. The summed E-state index contributed by atoms with van der Waals surface area (Å²) < 4.78 is 0. The van der Waals surface area contributed by atoms with Crippen LogP contribution in [0.3, 0.4) is 0 Å². The quantitative estimate of drug-likeness (QED) is 0.303. The molecule has 0 radical (unpaired) electrons. The van der Waals surface area contributed by atoms with E-state index in [1.165, 1.54) is 6.92 Å². The van der Waals surface area contributed by atoms with Crippen LogP contribution < -0.4 is 0 Å². The van der Waals surface area contributed by atoms with Gasteiger partial charge in [-0.15, -0.1) is 0 Å². The van der Waals surface area contributed by atoms with Crippen LogP contribution in [0.25, 0.3) is 0 Å². The molecule has 0 rings (SSSR count). The third kappa shape index (κ3) is 12.4. The number of aldehydes is 1. The molecule has 5 heteroatoms. The Kier molecular flexibility index (Phi) is 11.0. The van der Waals surface area contributed by atoms with Gasteiger partial charge in [0.15, 0.2) is 0 Å². The van der Waals surface area contributed by atoms with Gasteiger partial charge in [-0.3, -0.25) is 0 Å². The van der Waals surface area contributed by atoms with Crippen molar-refractivity contribution in [1.82, 2.24) is 0 Å². The van der Waals surface area contributed by atoms with Gasteiger partial charge < -0.3 is 4.79 Å². The molecule has 0 heterocycles. The van der Waals surface area contributed by atoms with Gasteiger partial charge in [-0.25, -0.2) is 19.4 Å². The van der Waals surface area contributed by atoms with Crippen LogP contribution in [-0.4, -0.2) is 18.2 Å². The van der Waals surface area contributed by atoms with Crippen LogP contribution in [-0.2, 0) is 24.2 Å². The summed E-state index contributed by atoms with van der Waals surface area (Å²) in [6.45, 7) is 6.09. The SMILES string of the molecule is CC=O.CCC=C(C)C(=O)OOC(C)=O. The number of rotatable bonds is 2. The van der Waals surface area contributed by atoms with Gasteiger partial charge >= 0.3 is 11.9 Å². The van der Waals surface area contributed by atoms with E-state index >= 15 is 0 Å². The highest BCUT2D eigenvalue weighted by Gasteiger charge is 2.07. The van der Waals surface area contributed by atoms with Gasteiger partial charge in [0.1, 0.15) is 6.29 Å². The molecular weight excluding hydrogens is 200 g/mol. The summed E-state index contributed by atoms with van der Waals surface area (Å²) in [4.78, 5) is 38.1. The Morgan fingerprint density at radius 1 is 1.20 bits per heavy atom. The maximum Gasteiger partial charge on any atom is 0.381 e. The van der Waals surface area contributed by atoms with E-state index < -0.39 is 11.9 Å². The Hall–Kier alpha value is -1.65. The average Bonchev–Trinajstić information content (AvgIpc) is 2.15. The largest absolute Gasteiger partial charge is 0.381 e. The fraction of sp³-hybridized carbons (Fsp3) is 0.500. The van der Waals surface area contributed by atoms with Crippen molar-refractivity contribution >= 4 is 18.2 Å². The van der Waals surface area contributed by atoms with Gasteiger partial charge in [0, 0.05) is 12.5 Å². The molecule has 0 aromatic carbocycles. The van der Waals surface area contributed by atoms with Gasteiger partial charge in [-0.2, -0.15) is 0 Å². The summed E-state index contributed by atoms with van der Waals surface area (Å²) in [6.07, 6.45) is 3.17. The Morgan fingerprint density at radius 2 is 1.67 bits per heavy atom. The predicted molar refractivity (Wildman–Crippen MR) is 53.6 cm³/mol. The molecule has 0 saturated heterocycles. The number of allylic oxidation sites excluding steroid dienone is 1. The molecule has 0 spiro atoms. The summed E-state index contributed by atoms with van der Waals surface area (Å²) in [7, 11) is 0. The fourth-order valence-electron chi connectivity index (χ4n) is 0.552. The normalized spacial score (nSPS) is 9.47. The minimum absolute atomic E-state index is 0.429. The first kappa shape index (κ1) is 15.8. The summed E-state index contributed by atoms with van der Waals surface area (Å²) >= 11 is 0. The van der Waals surface area contributed by atoms with Crippen LogP contribution in [0.15, 0.2) is 11.6 Å². The van der Waals surface area contributed by atoms with Crippen molar-refractivity contribution in [1.29, 1.82) is 0 Å². The number of carbonyl (C=O) groups excluding carboxylic acids is 3. The highest BCUT2D eigenvalue weighted by Crippen LogP contribution is 1.98. The van der Waals surface area contributed by atoms with Crippen molar-refractivity contribution in [3.8, 4) is 0 Å². The minimum Gasteiger partial charge on any atom is -0.304 e. The molecule has 0 atom stereocenters. The Labute approximate surface area is 89.0 Å². The standard InChI is InChI=1S/C8H12O4.C2H4O/c1-4-5-6(2)8(10)12-11-7(3)9;1-2-3/h5H,4H2,1-3H3;2H,1H3. The molecule has 0 aliphatic carbocycles. The molecule has 0 saturated carbocycles. The second-order valence-electron chi connectivity index (χ2n) is 2.48. The van der Waals surface area contributed by atoms with Gasteiger partial charge in [-0.05, 0) is 20.3 Å². The zero-order valence-electron chi connectivity index (χ0n) is 9.40. The van der Waals surface area contributed by atoms with Crippen LogP contribution in [0.1, 0.15) is 34.1 Å². The lowest BCUT2D eigenvalue weighted by molar-refractivity contribution is -0.253. The van der Waals surface area contributed by atoms with Crippen molar-refractivity contribution in [3.63, 3.8) is 0 Å². The summed E-state index contributed by atoms with van der Waals surface area (Å²) in [6, 6.07) is 0. The topological polar surface area (TPSA) is 69.7 Å². The van der Waals surface area contributed by atoms with E-state index in [0.29, 0.717) is 5.57 Å². The van der Waals surface area contributed by atoms with Gasteiger partial charge in [0.2, 0.25) is 0 Å². The molecule has 0 amide bonds. The van der Waals surface area contributed by atoms with E-state index in [9.17, 15) is 9.59 Å². The Morgan fingerprint density at radius 3 is 2.00 bits per heavy atom. The molecule has 86 valence electrons. The molecule has 0 aliphatic rings. The fourth-order valence-corrected chi connectivity index (χ4v) is 0.552. The van der Waals surface area contributed by atoms with Crippen LogP contribution in [0.2, 0.25) is 0 Å². The van der Waals surface area contributed by atoms with Gasteiger partial charge in [0.25, 0.3) is 0 Å². The highest BCUT2D eigenvalue weighted by atomic mass is 17.2. The van der Waals surface area contributed by atoms with Crippen molar-refractivity contribution in [2.75, 3.05) is 0 Å². The molecular formula is C10H16O5. The van der Waals surface area contributed by atoms with Gasteiger partial charge in [0.05, 0.1) is 0 Å². The van der Waals surface area contributed by atoms with E-state index in [0.717, 1.165) is 19.6 Å². The molecule has 0 bridgehead atoms. The molecule has 0 N–H and O–H groups in total. The van der Waals surface area contributed by atoms with Crippen molar-refractivity contribution in [3.05, 3.63) is 11.6 Å². The maximum atomic E-state index is 10.9. The van der Waals surface area contributed by atoms with Crippen LogP contribution >= 0.6 is 0 Å². The van der Waals surface area contributed by atoms with Crippen molar-refractivity contribution in [2.24, 2.45) is 0 Å². The monoisotopic (exact) mass is 216 g/mol. The molecule has 0 fully saturated rings. The summed E-state index contributed by atoms with van der Waals surface area (Å²) in [5, 5.41) is 0. The lowest BCUT2D eigenvalue weighted by atomic mass is 10.2. The molecule has 0 aromatic heterocycles. The van der Waals surface area contributed by atoms with Gasteiger partial charge in [-0.1, -0.05) is 13.0 Å². The first-order valence-corrected chi connectivity index (χ1v) is 4.45. The molecule has 0 unspecified atom stereocenters. The van der Waals surface area contributed by atoms with Crippen molar-refractivity contribution < 1.29 is 24.2 Å². The number of carbonyl (C=O) groups is 3. The highest BCUT2D eigenvalue weighted by molar-refractivity contribution is 5.87. The van der Waals surface area contributed by atoms with Crippen molar-refractivity contribution in [2.45, 2.75) is 34.1 Å². The zero-order valence-corrected chi connectivity index (χ0v) is 9.40. The maximum absolute atomic E-state index is 10.9. The van der Waals surface area contributed by atoms with E-state index in [4.69, 9.17) is 4.79 Å². The zero-order chi connectivity index (χ0) is 12.3. The molecule has 0 aliphatic heterocycles. The third-order valence-corrected chi connectivity index (χ3v) is 1.07. The predicted octanol–water partition coefficient (Wildman–Crippen LogP) is 1.57. The molecule has 0 aromatic rings. The second kappa shape index (κ2) is 10.4. The third-order valence-electron chi connectivity index (χ3n) is 1.07. The van der Waals surface area contributed by atoms with Crippen LogP contribution in [0.4, 0.5) is 0 Å². The first-order chi connectivity index (χ1) is 6.99. The lowest BCUT2D eigenvalue weighted by Gasteiger charge is -1.99. The molecule has 15 heavy (non-hydrogen) atoms. The first-order valence-electron chi connectivity index (χ1n) is 4.45. The summed E-state index contributed by atoms with van der Waals surface area (Å²) in [5.41, 5.74) is 0.429. The minimum atomic E-state index is -0.646. The van der Waals surface area contributed by atoms with E-state index in [2.05, 4.69) is 9.78 Å². The van der Waals surface area contributed by atoms with Crippen LogP contribution in [0.5, 0.6) is 0 Å². The average molecular weight is 216 g/mol. The number of hydrogen-bond acceptors (Lipinski definition) is 5. The second-order valence-corrected chi connectivity index (χ2v) is 2.48. The Bertz CT molecular complexity index is 242. The van der Waals surface area contributed by atoms with Crippen LogP contribution in [0, 0.1) is 0 Å². The van der Waals surface area contributed by atoms with E-state index in [1.807, 2.05) is 6.92 Å².